The topological polar surface area (TPSA) is 49.1 Å². The molecule has 4 aromatic rings. The van der Waals surface area contributed by atoms with Crippen LogP contribution in [0.15, 0.2) is 131 Å². The van der Waals surface area contributed by atoms with E-state index in [0.29, 0.717) is 5.84 Å². The number of benzene rings is 4. The monoisotopic (exact) mass is 402 g/mol. The molecule has 4 heteroatoms. The number of hydrogen-bond donors (Lipinski definition) is 1. The average Bonchev–Trinajstić information content (AvgIpc) is 2.85. The van der Waals surface area contributed by atoms with Gasteiger partial charge in [0.15, 0.2) is 0 Å². The summed E-state index contributed by atoms with van der Waals surface area (Å²) in [6, 6.07) is 37.7. The summed E-state index contributed by atoms with van der Waals surface area (Å²) in [5, 5.41) is 13.2. The van der Waals surface area contributed by atoms with Crippen LogP contribution in [0.2, 0.25) is 0 Å². The van der Waals surface area contributed by atoms with Crippen molar-refractivity contribution in [3.05, 3.63) is 132 Å². The van der Waals surface area contributed by atoms with Crippen LogP contribution in [0.1, 0.15) is 16.7 Å². The summed E-state index contributed by atoms with van der Waals surface area (Å²) in [5.41, 5.74) is 7.92. The van der Waals surface area contributed by atoms with E-state index in [2.05, 4.69) is 45.0 Å². The average molecular weight is 403 g/mol. The molecule has 0 atom stereocenters. The molecule has 0 aromatic heterocycles. The second-order valence-electron chi connectivity index (χ2n) is 6.81. The number of nitrogens with one attached hydrogen (secondary N) is 1. The van der Waals surface area contributed by atoms with Gasteiger partial charge in [-0.3, -0.25) is 5.43 Å². The molecule has 0 saturated heterocycles. The zero-order valence-electron chi connectivity index (χ0n) is 17.0. The molecule has 4 rings (SSSR count). The second-order valence-corrected chi connectivity index (χ2v) is 6.81. The van der Waals surface area contributed by atoms with E-state index in [-0.39, 0.29) is 0 Å². The van der Waals surface area contributed by atoms with Crippen molar-refractivity contribution in [2.75, 3.05) is 5.43 Å². The fraction of sp³-hybridized carbons (Fsp3) is 0. The molecule has 0 spiro atoms. The van der Waals surface area contributed by atoms with Gasteiger partial charge in [0.25, 0.3) is 0 Å². The molecule has 1 N–H and O–H groups in total. The molecular formula is C27H22N4. The van der Waals surface area contributed by atoms with Crippen LogP contribution >= 0.6 is 0 Å². The lowest BCUT2D eigenvalue weighted by Gasteiger charge is -2.04. The fourth-order valence-electron chi connectivity index (χ4n) is 2.87. The lowest BCUT2D eigenvalue weighted by Crippen LogP contribution is -2.01. The van der Waals surface area contributed by atoms with Crippen molar-refractivity contribution >= 4 is 29.4 Å². The minimum Gasteiger partial charge on any atom is -0.276 e. The van der Waals surface area contributed by atoms with E-state index in [1.165, 1.54) is 5.56 Å². The molecule has 0 aliphatic heterocycles. The van der Waals surface area contributed by atoms with E-state index >= 15 is 0 Å². The highest BCUT2D eigenvalue weighted by molar-refractivity contribution is 5.99. The van der Waals surface area contributed by atoms with Crippen LogP contribution in [-0.4, -0.2) is 5.84 Å². The molecule has 0 bridgehead atoms. The van der Waals surface area contributed by atoms with Crippen LogP contribution < -0.4 is 5.43 Å². The van der Waals surface area contributed by atoms with Crippen molar-refractivity contribution in [3.63, 3.8) is 0 Å². The number of rotatable bonds is 6. The van der Waals surface area contributed by atoms with Crippen molar-refractivity contribution in [2.24, 2.45) is 15.3 Å². The molecule has 0 amide bonds. The third-order valence-corrected chi connectivity index (χ3v) is 4.52. The molecule has 0 fully saturated rings. The second kappa shape index (κ2) is 10.5. The Morgan fingerprint density at radius 3 is 1.77 bits per heavy atom. The van der Waals surface area contributed by atoms with Gasteiger partial charge in [-0.15, -0.1) is 10.2 Å². The third-order valence-electron chi connectivity index (χ3n) is 4.52. The van der Waals surface area contributed by atoms with E-state index in [0.717, 1.165) is 22.5 Å². The maximum Gasteiger partial charge on any atom is 0.201 e. The molecule has 4 nitrogen and oxygen atoms in total. The maximum absolute atomic E-state index is 4.49. The van der Waals surface area contributed by atoms with E-state index in [1.54, 1.807) is 0 Å². The zero-order chi connectivity index (χ0) is 21.1. The predicted molar refractivity (Wildman–Crippen MR) is 129 cm³/mol. The number of amidine groups is 1. The Morgan fingerprint density at radius 1 is 0.581 bits per heavy atom. The Kier molecular flexibility index (Phi) is 6.74. The first kappa shape index (κ1) is 20.0. The number of hydrogen-bond acceptors (Lipinski definition) is 3. The maximum atomic E-state index is 4.49. The summed E-state index contributed by atoms with van der Waals surface area (Å²) >= 11 is 0. The molecule has 0 aliphatic rings. The van der Waals surface area contributed by atoms with Gasteiger partial charge in [-0.1, -0.05) is 103 Å². The van der Waals surface area contributed by atoms with Crippen molar-refractivity contribution in [3.8, 4) is 0 Å². The van der Waals surface area contributed by atoms with E-state index < -0.39 is 0 Å². The molecule has 31 heavy (non-hydrogen) atoms. The summed E-state index contributed by atoms with van der Waals surface area (Å²) < 4.78 is 0. The zero-order valence-corrected chi connectivity index (χ0v) is 17.0. The molecular weight excluding hydrogens is 380 g/mol. The normalized spacial score (nSPS) is 11.8. The SMILES string of the molecule is C(=Cc1ccc(NN=C(N=Nc2ccccc2)c2ccccc2)cc1)c1ccccc1. The smallest absolute Gasteiger partial charge is 0.201 e. The lowest BCUT2D eigenvalue weighted by molar-refractivity contribution is 1.22. The van der Waals surface area contributed by atoms with Gasteiger partial charge in [-0.2, -0.15) is 5.10 Å². The van der Waals surface area contributed by atoms with Crippen LogP contribution in [0.5, 0.6) is 0 Å². The molecule has 150 valence electrons. The highest BCUT2D eigenvalue weighted by atomic mass is 15.3. The lowest BCUT2D eigenvalue weighted by atomic mass is 10.1. The summed E-state index contributed by atoms with van der Waals surface area (Å²) in [5.74, 6) is 0.512. The van der Waals surface area contributed by atoms with E-state index in [4.69, 9.17) is 0 Å². The Bertz CT molecular complexity index is 1160. The molecule has 0 saturated carbocycles. The fourth-order valence-corrected chi connectivity index (χ4v) is 2.87. The van der Waals surface area contributed by atoms with E-state index in [9.17, 15) is 0 Å². The summed E-state index contributed by atoms with van der Waals surface area (Å²) in [7, 11) is 0. The summed E-state index contributed by atoms with van der Waals surface area (Å²) in [4.78, 5) is 0. The number of hydrazone groups is 1. The van der Waals surface area contributed by atoms with Crippen LogP contribution in [0.25, 0.3) is 12.2 Å². The number of azo groups is 1. The van der Waals surface area contributed by atoms with Gasteiger partial charge in [0.1, 0.15) is 0 Å². The van der Waals surface area contributed by atoms with Crippen molar-refractivity contribution in [2.45, 2.75) is 0 Å². The van der Waals surface area contributed by atoms with Crippen LogP contribution in [0.3, 0.4) is 0 Å². The Hall–Kier alpha value is -4.31. The van der Waals surface area contributed by atoms with Gasteiger partial charge < -0.3 is 0 Å². The summed E-state index contributed by atoms with van der Waals surface area (Å²) in [6.07, 6.45) is 4.18. The molecule has 0 unspecified atom stereocenters. The van der Waals surface area contributed by atoms with Crippen molar-refractivity contribution < 1.29 is 0 Å². The van der Waals surface area contributed by atoms with Gasteiger partial charge in [0.2, 0.25) is 5.84 Å². The van der Waals surface area contributed by atoms with E-state index in [1.807, 2.05) is 103 Å². The van der Waals surface area contributed by atoms with Crippen molar-refractivity contribution in [1.29, 1.82) is 0 Å². The molecule has 0 aliphatic carbocycles. The molecule has 4 aromatic carbocycles. The van der Waals surface area contributed by atoms with Gasteiger partial charge in [-0.05, 0) is 35.4 Å². The first-order chi connectivity index (χ1) is 15.4. The largest absolute Gasteiger partial charge is 0.276 e. The van der Waals surface area contributed by atoms with Gasteiger partial charge in [0, 0.05) is 5.56 Å². The highest BCUT2D eigenvalue weighted by Crippen LogP contribution is 2.15. The minimum atomic E-state index is 0.512. The Morgan fingerprint density at radius 2 is 1.13 bits per heavy atom. The minimum absolute atomic E-state index is 0.512. The quantitative estimate of drug-likeness (QED) is 0.118. The standard InChI is InChI=1S/C27H22N4/c1-4-10-22(11-5-1)16-17-23-18-20-26(21-19-23)29-31-27(24-12-6-2-7-13-24)30-28-25-14-8-3-9-15-25/h1-21,29H. The Balaban J connectivity index is 1.49. The van der Waals surface area contributed by atoms with Crippen LogP contribution in [-0.2, 0) is 0 Å². The van der Waals surface area contributed by atoms with Crippen LogP contribution in [0.4, 0.5) is 11.4 Å². The highest BCUT2D eigenvalue weighted by Gasteiger charge is 2.02. The molecule has 0 radical (unpaired) electrons. The van der Waals surface area contributed by atoms with Crippen molar-refractivity contribution in [1.82, 2.24) is 0 Å². The number of anilines is 1. The summed E-state index contributed by atoms with van der Waals surface area (Å²) in [6.45, 7) is 0. The first-order valence-electron chi connectivity index (χ1n) is 10.1. The molecule has 0 heterocycles. The number of nitrogens with zero attached hydrogens (tertiary/aromatic N) is 3. The van der Waals surface area contributed by atoms with Gasteiger partial charge >= 0.3 is 0 Å². The van der Waals surface area contributed by atoms with Gasteiger partial charge in [-0.25, -0.2) is 0 Å². The predicted octanol–water partition coefficient (Wildman–Crippen LogP) is 7.41. The van der Waals surface area contributed by atoms with Crippen LogP contribution in [0, 0.1) is 0 Å². The first-order valence-corrected chi connectivity index (χ1v) is 10.1. The third kappa shape index (κ3) is 6.08. The Labute approximate surface area is 182 Å². The van der Waals surface area contributed by atoms with Gasteiger partial charge in [0.05, 0.1) is 11.4 Å².